The molecular weight excluding hydrogens is 294 g/mol. The summed E-state index contributed by atoms with van der Waals surface area (Å²) in [5.74, 6) is -1.05. The summed E-state index contributed by atoms with van der Waals surface area (Å²) in [6.45, 7) is 1.11. The van der Waals surface area contributed by atoms with E-state index in [9.17, 15) is 18.0 Å². The summed E-state index contributed by atoms with van der Waals surface area (Å²) in [7, 11) is -4.12. The summed E-state index contributed by atoms with van der Waals surface area (Å²) in [4.78, 5) is 21.7. The number of nitrogens with two attached hydrogens (primary N) is 2. The fraction of sp³-hybridized carbons (Fsp3) is 0.200. The van der Waals surface area contributed by atoms with Crippen molar-refractivity contribution in [2.45, 2.75) is 17.1 Å². The van der Waals surface area contributed by atoms with Crippen LogP contribution in [0.2, 0.25) is 5.02 Å². The number of rotatable bonds is 3. The Bertz CT molecular complexity index is 609. The number of imide groups is 1. The minimum Gasteiger partial charge on any atom is -0.398 e. The van der Waals surface area contributed by atoms with E-state index >= 15 is 0 Å². The van der Waals surface area contributed by atoms with Gasteiger partial charge in [0.1, 0.15) is 10.1 Å². The van der Waals surface area contributed by atoms with Gasteiger partial charge in [0.05, 0.1) is 10.7 Å². The van der Waals surface area contributed by atoms with E-state index in [1.165, 1.54) is 18.2 Å². The number of halogens is 1. The SMILES string of the molecule is CC(C(=O)NC(N)=O)S(=O)(=O)c1c(N)cccc1Cl. The number of hydrogen-bond acceptors (Lipinski definition) is 5. The summed E-state index contributed by atoms with van der Waals surface area (Å²) < 4.78 is 24.4. The van der Waals surface area contributed by atoms with Crippen molar-refractivity contribution in [3.05, 3.63) is 23.2 Å². The number of carbonyl (C=O) groups excluding carboxylic acids is 2. The van der Waals surface area contributed by atoms with Crippen LogP contribution in [0.4, 0.5) is 10.5 Å². The summed E-state index contributed by atoms with van der Waals surface area (Å²) in [5, 5.41) is 0.0423. The van der Waals surface area contributed by atoms with Crippen molar-refractivity contribution < 1.29 is 18.0 Å². The Kier molecular flexibility index (Phi) is 4.38. The molecule has 0 heterocycles. The maximum Gasteiger partial charge on any atom is 0.318 e. The Morgan fingerprint density at radius 1 is 1.37 bits per heavy atom. The third-order valence-corrected chi connectivity index (χ3v) is 4.96. The highest BCUT2D eigenvalue weighted by Gasteiger charge is 2.33. The van der Waals surface area contributed by atoms with Crippen LogP contribution in [-0.4, -0.2) is 25.6 Å². The summed E-state index contributed by atoms with van der Waals surface area (Å²) in [5.41, 5.74) is 10.2. The molecule has 19 heavy (non-hydrogen) atoms. The lowest BCUT2D eigenvalue weighted by Gasteiger charge is -2.14. The number of nitrogens with one attached hydrogen (secondary N) is 1. The summed E-state index contributed by atoms with van der Waals surface area (Å²) in [6, 6.07) is 3.02. The van der Waals surface area contributed by atoms with Gasteiger partial charge in [-0.15, -0.1) is 0 Å². The number of hydrogen-bond donors (Lipinski definition) is 3. The van der Waals surface area contributed by atoms with Crippen molar-refractivity contribution in [3.63, 3.8) is 0 Å². The molecule has 0 aliphatic carbocycles. The molecule has 1 aromatic carbocycles. The van der Waals surface area contributed by atoms with Crippen molar-refractivity contribution in [2.24, 2.45) is 5.73 Å². The number of carbonyl (C=O) groups is 2. The Hall–Kier alpha value is -1.80. The first-order valence-corrected chi connectivity index (χ1v) is 6.98. The number of sulfone groups is 1. The number of nitrogen functional groups attached to an aromatic ring is 1. The third kappa shape index (κ3) is 3.15. The predicted octanol–water partition coefficient (Wildman–Crippen LogP) is 0.279. The molecule has 1 aromatic rings. The standard InChI is InChI=1S/C10H12ClN3O4S/c1-5(9(15)14-10(13)16)19(17,18)8-6(11)3-2-4-7(8)12/h2-5H,12H2,1H3,(H3,13,14,15,16). The second-order valence-electron chi connectivity index (χ2n) is 3.70. The van der Waals surface area contributed by atoms with Crippen molar-refractivity contribution >= 4 is 39.1 Å². The number of anilines is 1. The Morgan fingerprint density at radius 2 is 1.95 bits per heavy atom. The van der Waals surface area contributed by atoms with Gasteiger partial charge >= 0.3 is 6.03 Å². The van der Waals surface area contributed by atoms with E-state index in [1.54, 1.807) is 5.32 Å². The molecule has 5 N–H and O–H groups in total. The van der Waals surface area contributed by atoms with Gasteiger partial charge in [0.2, 0.25) is 5.91 Å². The normalized spacial score (nSPS) is 12.7. The average molecular weight is 306 g/mol. The molecule has 0 aliphatic rings. The van der Waals surface area contributed by atoms with Gasteiger partial charge in [-0.05, 0) is 19.1 Å². The smallest absolute Gasteiger partial charge is 0.318 e. The lowest BCUT2D eigenvalue weighted by Crippen LogP contribution is -2.43. The van der Waals surface area contributed by atoms with Crippen LogP contribution in [0.15, 0.2) is 23.1 Å². The number of amides is 3. The fourth-order valence-electron chi connectivity index (χ4n) is 1.37. The molecule has 1 atom stereocenters. The first kappa shape index (κ1) is 15.3. The fourth-order valence-corrected chi connectivity index (χ4v) is 3.30. The summed E-state index contributed by atoms with van der Waals surface area (Å²) >= 11 is 5.79. The van der Waals surface area contributed by atoms with Gasteiger partial charge in [0, 0.05) is 0 Å². The van der Waals surface area contributed by atoms with Crippen LogP contribution in [0.1, 0.15) is 6.92 Å². The highest BCUT2D eigenvalue weighted by molar-refractivity contribution is 7.93. The van der Waals surface area contributed by atoms with Gasteiger partial charge < -0.3 is 11.5 Å². The molecule has 1 unspecified atom stereocenters. The quantitative estimate of drug-likeness (QED) is 0.690. The van der Waals surface area contributed by atoms with Crippen LogP contribution in [-0.2, 0) is 14.6 Å². The van der Waals surface area contributed by atoms with Crippen LogP contribution in [0.3, 0.4) is 0 Å². The van der Waals surface area contributed by atoms with Crippen LogP contribution in [0, 0.1) is 0 Å². The molecule has 9 heteroatoms. The Balaban J connectivity index is 3.25. The van der Waals surface area contributed by atoms with Gasteiger partial charge in [0.25, 0.3) is 0 Å². The van der Waals surface area contributed by atoms with Gasteiger partial charge in [-0.25, -0.2) is 13.2 Å². The van der Waals surface area contributed by atoms with Crippen molar-refractivity contribution in [3.8, 4) is 0 Å². The lowest BCUT2D eigenvalue weighted by molar-refractivity contribution is -0.119. The van der Waals surface area contributed by atoms with E-state index in [0.717, 1.165) is 6.92 Å². The molecule has 7 nitrogen and oxygen atoms in total. The molecule has 0 aromatic heterocycles. The van der Waals surface area contributed by atoms with Crippen LogP contribution in [0.25, 0.3) is 0 Å². The molecule has 0 saturated heterocycles. The zero-order chi connectivity index (χ0) is 14.8. The molecule has 1 rings (SSSR count). The molecule has 0 saturated carbocycles. The van der Waals surface area contributed by atoms with Crippen LogP contribution < -0.4 is 16.8 Å². The number of urea groups is 1. The van der Waals surface area contributed by atoms with E-state index in [-0.39, 0.29) is 15.6 Å². The van der Waals surface area contributed by atoms with E-state index < -0.39 is 27.0 Å². The minimum atomic E-state index is -4.12. The van der Waals surface area contributed by atoms with E-state index in [4.69, 9.17) is 23.1 Å². The van der Waals surface area contributed by atoms with Gasteiger partial charge in [-0.2, -0.15) is 0 Å². The van der Waals surface area contributed by atoms with Crippen molar-refractivity contribution in [1.29, 1.82) is 0 Å². The summed E-state index contributed by atoms with van der Waals surface area (Å²) in [6.07, 6.45) is 0. The monoisotopic (exact) mass is 305 g/mol. The number of primary amides is 1. The van der Waals surface area contributed by atoms with E-state index in [2.05, 4.69) is 0 Å². The Morgan fingerprint density at radius 3 is 2.42 bits per heavy atom. The maximum atomic E-state index is 12.2. The molecule has 0 fully saturated rings. The average Bonchev–Trinajstić information content (AvgIpc) is 2.26. The van der Waals surface area contributed by atoms with Crippen molar-refractivity contribution in [2.75, 3.05) is 5.73 Å². The molecule has 0 spiro atoms. The highest BCUT2D eigenvalue weighted by atomic mass is 35.5. The molecule has 0 aliphatic heterocycles. The minimum absolute atomic E-state index is 0.0776. The van der Waals surface area contributed by atoms with Crippen LogP contribution in [0.5, 0.6) is 0 Å². The topological polar surface area (TPSA) is 132 Å². The van der Waals surface area contributed by atoms with Gasteiger partial charge in [-0.3, -0.25) is 10.1 Å². The predicted molar refractivity (Wildman–Crippen MR) is 70.2 cm³/mol. The van der Waals surface area contributed by atoms with Crippen LogP contribution >= 0.6 is 11.6 Å². The van der Waals surface area contributed by atoms with Crippen molar-refractivity contribution in [1.82, 2.24) is 5.32 Å². The first-order valence-electron chi connectivity index (χ1n) is 5.06. The van der Waals surface area contributed by atoms with E-state index in [1.807, 2.05) is 0 Å². The number of benzene rings is 1. The molecule has 0 radical (unpaired) electrons. The second kappa shape index (κ2) is 5.45. The first-order chi connectivity index (χ1) is 8.67. The zero-order valence-electron chi connectivity index (χ0n) is 9.88. The Labute approximate surface area is 114 Å². The van der Waals surface area contributed by atoms with Gasteiger partial charge in [0.15, 0.2) is 9.84 Å². The second-order valence-corrected chi connectivity index (χ2v) is 6.31. The molecule has 0 bridgehead atoms. The van der Waals surface area contributed by atoms with Gasteiger partial charge in [-0.1, -0.05) is 17.7 Å². The maximum absolute atomic E-state index is 12.2. The largest absolute Gasteiger partial charge is 0.398 e. The lowest BCUT2D eigenvalue weighted by atomic mass is 10.3. The van der Waals surface area contributed by atoms with E-state index in [0.29, 0.717) is 0 Å². The zero-order valence-corrected chi connectivity index (χ0v) is 11.5. The third-order valence-electron chi connectivity index (χ3n) is 2.36. The highest BCUT2D eigenvalue weighted by Crippen LogP contribution is 2.30. The molecule has 104 valence electrons. The molecule has 3 amide bonds. The molecular formula is C10H12ClN3O4S.